The number of carboxylic acid groups (broad SMARTS) is 1. The number of aryl methyl sites for hydroxylation is 2. The molecule has 0 aliphatic carbocycles. The van der Waals surface area contributed by atoms with Crippen LogP contribution in [0.5, 0.6) is 0 Å². The molecule has 1 aromatic heterocycles. The van der Waals surface area contributed by atoms with Gasteiger partial charge in [0.05, 0.1) is 17.7 Å². The van der Waals surface area contributed by atoms with Crippen LogP contribution in [-0.4, -0.2) is 34.2 Å². The number of benzene rings is 1. The maximum atomic E-state index is 12.3. The quantitative estimate of drug-likeness (QED) is 0.552. The van der Waals surface area contributed by atoms with Crippen LogP contribution >= 0.6 is 0 Å². The fourth-order valence-electron chi connectivity index (χ4n) is 2.89. The first-order chi connectivity index (χ1) is 13.0. The monoisotopic (exact) mass is 388 g/mol. The SMILES string of the molecule is Cc1cc(C(=O)O)ccc1-c1c(C)noc1[C@H](CC(=O)OC(C)(C)C)NC=O. The van der Waals surface area contributed by atoms with Crippen molar-refractivity contribution in [3.8, 4) is 11.1 Å². The molecule has 1 heterocycles. The summed E-state index contributed by atoms with van der Waals surface area (Å²) in [6.45, 7) is 8.77. The number of carboxylic acids is 1. The third-order valence-electron chi connectivity index (χ3n) is 4.01. The van der Waals surface area contributed by atoms with Gasteiger partial charge in [-0.15, -0.1) is 0 Å². The largest absolute Gasteiger partial charge is 0.478 e. The number of carbonyl (C=O) groups excluding carboxylic acids is 2. The summed E-state index contributed by atoms with van der Waals surface area (Å²) in [5.41, 5.74) is 2.08. The van der Waals surface area contributed by atoms with Crippen molar-refractivity contribution in [3.05, 3.63) is 40.8 Å². The zero-order valence-electron chi connectivity index (χ0n) is 16.5. The van der Waals surface area contributed by atoms with Crippen LogP contribution in [0.4, 0.5) is 0 Å². The highest BCUT2D eigenvalue weighted by molar-refractivity contribution is 5.89. The summed E-state index contributed by atoms with van der Waals surface area (Å²) in [4.78, 5) is 34.5. The van der Waals surface area contributed by atoms with Gasteiger partial charge in [-0.3, -0.25) is 9.59 Å². The van der Waals surface area contributed by atoms with E-state index in [-0.39, 0.29) is 12.0 Å². The summed E-state index contributed by atoms with van der Waals surface area (Å²) >= 11 is 0. The molecule has 0 bridgehead atoms. The average molecular weight is 388 g/mol. The van der Waals surface area contributed by atoms with Gasteiger partial charge in [0.1, 0.15) is 11.6 Å². The van der Waals surface area contributed by atoms with Crippen LogP contribution < -0.4 is 5.32 Å². The third kappa shape index (κ3) is 4.97. The Bertz CT molecular complexity index is 895. The van der Waals surface area contributed by atoms with Crippen molar-refractivity contribution in [3.63, 3.8) is 0 Å². The lowest BCUT2D eigenvalue weighted by Gasteiger charge is -2.21. The molecule has 1 atom stereocenters. The molecule has 28 heavy (non-hydrogen) atoms. The molecule has 0 fully saturated rings. The van der Waals surface area contributed by atoms with Gasteiger partial charge < -0.3 is 19.7 Å². The molecule has 0 aliphatic heterocycles. The Morgan fingerprint density at radius 3 is 2.54 bits per heavy atom. The van der Waals surface area contributed by atoms with E-state index >= 15 is 0 Å². The number of hydrogen-bond acceptors (Lipinski definition) is 6. The molecule has 0 saturated carbocycles. The predicted octanol–water partition coefficient (Wildman–Crippen LogP) is 3.18. The molecule has 2 rings (SSSR count). The van der Waals surface area contributed by atoms with E-state index in [1.807, 2.05) is 0 Å². The number of ether oxygens (including phenoxy) is 1. The Kier molecular flexibility index (Phi) is 6.23. The van der Waals surface area contributed by atoms with Gasteiger partial charge in [-0.05, 0) is 57.9 Å². The summed E-state index contributed by atoms with van der Waals surface area (Å²) in [6, 6.07) is 3.91. The van der Waals surface area contributed by atoms with Crippen molar-refractivity contribution in [2.45, 2.75) is 52.7 Å². The summed E-state index contributed by atoms with van der Waals surface area (Å²) in [5.74, 6) is -1.21. The summed E-state index contributed by atoms with van der Waals surface area (Å²) in [7, 11) is 0. The lowest BCUT2D eigenvalue weighted by molar-refractivity contribution is -0.155. The molecular weight excluding hydrogens is 364 g/mol. The van der Waals surface area contributed by atoms with Gasteiger partial charge in [-0.2, -0.15) is 0 Å². The van der Waals surface area contributed by atoms with Crippen molar-refractivity contribution < 1.29 is 28.8 Å². The van der Waals surface area contributed by atoms with Gasteiger partial charge in [-0.1, -0.05) is 11.2 Å². The number of aromatic nitrogens is 1. The molecule has 8 nitrogen and oxygen atoms in total. The molecule has 2 N–H and O–H groups in total. The van der Waals surface area contributed by atoms with E-state index in [2.05, 4.69) is 10.5 Å². The average Bonchev–Trinajstić information content (AvgIpc) is 2.94. The molecule has 1 amide bonds. The van der Waals surface area contributed by atoms with Gasteiger partial charge in [0.15, 0.2) is 5.76 Å². The van der Waals surface area contributed by atoms with Crippen LogP contribution in [0.1, 0.15) is 60.6 Å². The van der Waals surface area contributed by atoms with Crippen molar-refractivity contribution >= 4 is 18.3 Å². The van der Waals surface area contributed by atoms with Crippen LogP contribution in [0.2, 0.25) is 0 Å². The molecule has 150 valence electrons. The number of rotatable bonds is 7. The van der Waals surface area contributed by atoms with E-state index in [1.54, 1.807) is 46.8 Å². The predicted molar refractivity (Wildman–Crippen MR) is 101 cm³/mol. The van der Waals surface area contributed by atoms with Crippen molar-refractivity contribution in [2.75, 3.05) is 0 Å². The fourth-order valence-corrected chi connectivity index (χ4v) is 2.89. The lowest BCUT2D eigenvalue weighted by atomic mass is 9.94. The third-order valence-corrected chi connectivity index (χ3v) is 4.01. The molecule has 2 aromatic rings. The van der Waals surface area contributed by atoms with Gasteiger partial charge in [0.25, 0.3) is 0 Å². The molecule has 0 saturated heterocycles. The Morgan fingerprint density at radius 1 is 1.32 bits per heavy atom. The van der Waals surface area contributed by atoms with Crippen LogP contribution in [0.3, 0.4) is 0 Å². The van der Waals surface area contributed by atoms with E-state index in [0.29, 0.717) is 34.6 Å². The topological polar surface area (TPSA) is 119 Å². The Labute approximate surface area is 162 Å². The van der Waals surface area contributed by atoms with E-state index in [9.17, 15) is 14.4 Å². The molecule has 0 unspecified atom stereocenters. The highest BCUT2D eigenvalue weighted by atomic mass is 16.6. The van der Waals surface area contributed by atoms with Gasteiger partial charge >= 0.3 is 11.9 Å². The zero-order valence-corrected chi connectivity index (χ0v) is 16.5. The minimum absolute atomic E-state index is 0.135. The van der Waals surface area contributed by atoms with Crippen LogP contribution in [0, 0.1) is 13.8 Å². The van der Waals surface area contributed by atoms with E-state index < -0.39 is 23.6 Å². The highest BCUT2D eigenvalue weighted by Gasteiger charge is 2.28. The maximum Gasteiger partial charge on any atom is 0.335 e. The van der Waals surface area contributed by atoms with Crippen LogP contribution in [0.15, 0.2) is 22.7 Å². The Balaban J connectivity index is 2.44. The standard InChI is InChI=1S/C20H24N2O6/c1-11-8-13(19(25)26)6-7-14(11)17-12(2)22-28-18(17)15(21-10-23)9-16(24)27-20(3,4)5/h6-8,10,15H,9H2,1-5H3,(H,21,23)(H,25,26)/t15-/m0/s1. The molecule has 0 aliphatic rings. The van der Waals surface area contributed by atoms with E-state index in [4.69, 9.17) is 14.4 Å². The molecule has 1 aromatic carbocycles. The minimum Gasteiger partial charge on any atom is -0.478 e. The van der Waals surface area contributed by atoms with Crippen LogP contribution in [0.25, 0.3) is 11.1 Å². The second kappa shape index (κ2) is 8.24. The number of esters is 1. The first-order valence-electron chi connectivity index (χ1n) is 8.75. The fraction of sp³-hybridized carbons (Fsp3) is 0.400. The molecule has 0 spiro atoms. The number of aromatic carboxylic acids is 1. The van der Waals surface area contributed by atoms with Gasteiger partial charge in [0, 0.05) is 5.56 Å². The van der Waals surface area contributed by atoms with Crippen molar-refractivity contribution in [1.29, 1.82) is 0 Å². The summed E-state index contributed by atoms with van der Waals surface area (Å²) in [5, 5.41) is 15.7. The molecule has 8 heteroatoms. The number of hydrogen-bond donors (Lipinski definition) is 2. The summed E-state index contributed by atoms with van der Waals surface area (Å²) in [6.07, 6.45) is 0.348. The van der Waals surface area contributed by atoms with Crippen molar-refractivity contribution in [1.82, 2.24) is 10.5 Å². The summed E-state index contributed by atoms with van der Waals surface area (Å²) < 4.78 is 10.8. The second-order valence-electron chi connectivity index (χ2n) is 7.47. The van der Waals surface area contributed by atoms with Crippen LogP contribution in [-0.2, 0) is 14.3 Å². The Hall–Kier alpha value is -3.16. The van der Waals surface area contributed by atoms with Gasteiger partial charge in [-0.25, -0.2) is 4.79 Å². The minimum atomic E-state index is -1.03. The van der Waals surface area contributed by atoms with Crippen molar-refractivity contribution in [2.24, 2.45) is 0 Å². The first-order valence-corrected chi connectivity index (χ1v) is 8.75. The lowest BCUT2D eigenvalue weighted by Crippen LogP contribution is -2.28. The first kappa shape index (κ1) is 21.1. The number of nitrogens with zero attached hydrogens (tertiary/aromatic N) is 1. The molecular formula is C20H24N2O6. The highest BCUT2D eigenvalue weighted by Crippen LogP contribution is 2.35. The smallest absolute Gasteiger partial charge is 0.335 e. The number of amides is 1. The maximum absolute atomic E-state index is 12.3. The van der Waals surface area contributed by atoms with E-state index in [1.165, 1.54) is 6.07 Å². The van der Waals surface area contributed by atoms with Gasteiger partial charge in [0.2, 0.25) is 6.41 Å². The van der Waals surface area contributed by atoms with E-state index in [0.717, 1.165) is 0 Å². The Morgan fingerprint density at radius 2 is 2.00 bits per heavy atom. The second-order valence-corrected chi connectivity index (χ2v) is 7.47. The number of carbonyl (C=O) groups is 3. The normalized spacial score (nSPS) is 12.3. The zero-order chi connectivity index (χ0) is 21.1. The number of nitrogens with one attached hydrogen (secondary N) is 1. The molecule has 0 radical (unpaired) electrons.